The van der Waals surface area contributed by atoms with Crippen molar-refractivity contribution < 1.29 is 9.53 Å². The normalized spacial score (nSPS) is 16.1. The Balaban J connectivity index is 1.77. The van der Waals surface area contributed by atoms with Crippen LogP contribution in [0.1, 0.15) is 10.4 Å². The lowest BCUT2D eigenvalue weighted by Gasteiger charge is -2.26. The molecular weight excluding hydrogens is 242 g/mol. The van der Waals surface area contributed by atoms with E-state index >= 15 is 0 Å². The summed E-state index contributed by atoms with van der Waals surface area (Å²) in [6.45, 7) is 5.02. The van der Waals surface area contributed by atoms with E-state index in [1.807, 2.05) is 31.3 Å². The highest BCUT2D eigenvalue weighted by molar-refractivity contribution is 5.95. The first-order valence-corrected chi connectivity index (χ1v) is 6.66. The SMILES string of the molecule is CNc1cccc(C(=O)NCCN2CCOCC2)c1. The van der Waals surface area contributed by atoms with E-state index in [1.165, 1.54) is 0 Å². The van der Waals surface area contributed by atoms with Crippen molar-refractivity contribution in [1.82, 2.24) is 10.2 Å². The zero-order valence-corrected chi connectivity index (χ0v) is 11.3. The van der Waals surface area contributed by atoms with Crippen LogP contribution in [0.5, 0.6) is 0 Å². The molecule has 0 unspecified atom stereocenters. The summed E-state index contributed by atoms with van der Waals surface area (Å²) in [5, 5.41) is 5.98. The summed E-state index contributed by atoms with van der Waals surface area (Å²) >= 11 is 0. The first-order chi connectivity index (χ1) is 9.29. The Kier molecular flexibility index (Phi) is 5.18. The minimum absolute atomic E-state index is 0.0228. The molecule has 0 atom stereocenters. The third-order valence-corrected chi connectivity index (χ3v) is 3.23. The van der Waals surface area contributed by atoms with Gasteiger partial charge in [-0.3, -0.25) is 9.69 Å². The number of anilines is 1. The first kappa shape index (κ1) is 13.8. The van der Waals surface area contributed by atoms with Gasteiger partial charge in [0, 0.05) is 44.5 Å². The van der Waals surface area contributed by atoms with E-state index in [-0.39, 0.29) is 5.91 Å². The summed E-state index contributed by atoms with van der Waals surface area (Å²) < 4.78 is 5.29. The highest BCUT2D eigenvalue weighted by atomic mass is 16.5. The van der Waals surface area contributed by atoms with Gasteiger partial charge in [-0.15, -0.1) is 0 Å². The maximum absolute atomic E-state index is 12.0. The molecule has 1 aromatic rings. The van der Waals surface area contributed by atoms with Crippen molar-refractivity contribution in [3.05, 3.63) is 29.8 Å². The fraction of sp³-hybridized carbons (Fsp3) is 0.500. The average molecular weight is 263 g/mol. The number of nitrogens with one attached hydrogen (secondary N) is 2. The van der Waals surface area contributed by atoms with Crippen molar-refractivity contribution in [2.45, 2.75) is 0 Å². The number of amides is 1. The van der Waals surface area contributed by atoms with Crippen molar-refractivity contribution in [3.63, 3.8) is 0 Å². The van der Waals surface area contributed by atoms with E-state index in [9.17, 15) is 4.79 Å². The molecule has 1 aliphatic rings. The summed E-state index contributed by atoms with van der Waals surface area (Å²) in [7, 11) is 1.84. The number of morpholine rings is 1. The molecule has 5 heteroatoms. The molecule has 1 aromatic carbocycles. The minimum atomic E-state index is -0.0228. The van der Waals surface area contributed by atoms with Crippen molar-refractivity contribution in [2.24, 2.45) is 0 Å². The van der Waals surface area contributed by atoms with Gasteiger partial charge >= 0.3 is 0 Å². The molecule has 1 heterocycles. The van der Waals surface area contributed by atoms with Crippen LogP contribution in [-0.4, -0.2) is 57.2 Å². The second-order valence-electron chi connectivity index (χ2n) is 4.54. The zero-order valence-electron chi connectivity index (χ0n) is 11.3. The van der Waals surface area contributed by atoms with Gasteiger partial charge in [0.2, 0.25) is 0 Å². The third kappa shape index (κ3) is 4.22. The second-order valence-corrected chi connectivity index (χ2v) is 4.54. The van der Waals surface area contributed by atoms with Crippen LogP contribution in [0, 0.1) is 0 Å². The molecule has 5 nitrogen and oxygen atoms in total. The topological polar surface area (TPSA) is 53.6 Å². The predicted octanol–water partition coefficient (Wildman–Crippen LogP) is 0.790. The van der Waals surface area contributed by atoms with Crippen LogP contribution in [-0.2, 0) is 4.74 Å². The maximum Gasteiger partial charge on any atom is 0.251 e. The van der Waals surface area contributed by atoms with Gasteiger partial charge in [0.05, 0.1) is 13.2 Å². The van der Waals surface area contributed by atoms with Crippen molar-refractivity contribution >= 4 is 11.6 Å². The maximum atomic E-state index is 12.0. The van der Waals surface area contributed by atoms with E-state index in [0.29, 0.717) is 12.1 Å². The number of hydrogen-bond acceptors (Lipinski definition) is 4. The summed E-state index contributed by atoms with van der Waals surface area (Å²) in [6, 6.07) is 7.49. The van der Waals surface area contributed by atoms with Crippen LogP contribution in [0.3, 0.4) is 0 Å². The number of hydrogen-bond donors (Lipinski definition) is 2. The van der Waals surface area contributed by atoms with Crippen molar-refractivity contribution in [1.29, 1.82) is 0 Å². The summed E-state index contributed by atoms with van der Waals surface area (Å²) in [4.78, 5) is 14.3. The molecular formula is C14H21N3O2. The number of ether oxygens (including phenoxy) is 1. The van der Waals surface area contributed by atoms with Crippen LogP contribution in [0.15, 0.2) is 24.3 Å². The number of rotatable bonds is 5. The molecule has 19 heavy (non-hydrogen) atoms. The van der Waals surface area contributed by atoms with Gasteiger partial charge in [0.1, 0.15) is 0 Å². The number of nitrogens with zero attached hydrogens (tertiary/aromatic N) is 1. The molecule has 0 aliphatic carbocycles. The zero-order chi connectivity index (χ0) is 13.5. The minimum Gasteiger partial charge on any atom is -0.388 e. The Morgan fingerprint density at radius 1 is 1.37 bits per heavy atom. The lowest BCUT2D eigenvalue weighted by atomic mass is 10.2. The predicted molar refractivity (Wildman–Crippen MR) is 75.6 cm³/mol. The first-order valence-electron chi connectivity index (χ1n) is 6.66. The van der Waals surface area contributed by atoms with Crippen LogP contribution < -0.4 is 10.6 Å². The van der Waals surface area contributed by atoms with Gasteiger partial charge in [-0.1, -0.05) is 6.07 Å². The Bertz CT molecular complexity index is 417. The average Bonchev–Trinajstić information content (AvgIpc) is 2.48. The molecule has 1 saturated heterocycles. The highest BCUT2D eigenvalue weighted by Gasteiger charge is 2.10. The molecule has 1 aliphatic heterocycles. The summed E-state index contributed by atoms with van der Waals surface area (Å²) in [5.41, 5.74) is 1.63. The van der Waals surface area contributed by atoms with Gasteiger partial charge < -0.3 is 15.4 Å². The molecule has 1 amide bonds. The summed E-state index contributed by atoms with van der Waals surface area (Å²) in [6.07, 6.45) is 0. The van der Waals surface area contributed by atoms with E-state index < -0.39 is 0 Å². The van der Waals surface area contributed by atoms with E-state index in [1.54, 1.807) is 0 Å². The van der Waals surface area contributed by atoms with Crippen LogP contribution in [0.2, 0.25) is 0 Å². The van der Waals surface area contributed by atoms with E-state index in [4.69, 9.17) is 4.74 Å². The fourth-order valence-electron chi connectivity index (χ4n) is 2.07. The Hall–Kier alpha value is -1.59. The lowest BCUT2D eigenvalue weighted by molar-refractivity contribution is 0.0383. The number of carbonyl (C=O) groups excluding carboxylic acids is 1. The quantitative estimate of drug-likeness (QED) is 0.825. The van der Waals surface area contributed by atoms with Gasteiger partial charge in [-0.25, -0.2) is 0 Å². The van der Waals surface area contributed by atoms with Gasteiger partial charge in [0.15, 0.2) is 0 Å². The molecule has 0 radical (unpaired) electrons. The van der Waals surface area contributed by atoms with Gasteiger partial charge in [-0.05, 0) is 18.2 Å². The van der Waals surface area contributed by atoms with E-state index in [2.05, 4.69) is 15.5 Å². The standard InChI is InChI=1S/C14H21N3O2/c1-15-13-4-2-3-12(11-13)14(18)16-5-6-17-7-9-19-10-8-17/h2-4,11,15H,5-10H2,1H3,(H,16,18). The van der Waals surface area contributed by atoms with Crippen LogP contribution >= 0.6 is 0 Å². The highest BCUT2D eigenvalue weighted by Crippen LogP contribution is 2.09. The molecule has 0 saturated carbocycles. The molecule has 0 spiro atoms. The monoisotopic (exact) mass is 263 g/mol. The van der Waals surface area contributed by atoms with Crippen LogP contribution in [0.4, 0.5) is 5.69 Å². The Morgan fingerprint density at radius 3 is 2.89 bits per heavy atom. The van der Waals surface area contributed by atoms with E-state index in [0.717, 1.165) is 38.5 Å². The van der Waals surface area contributed by atoms with Crippen molar-refractivity contribution in [2.75, 3.05) is 51.8 Å². The number of benzene rings is 1. The molecule has 0 aromatic heterocycles. The van der Waals surface area contributed by atoms with Crippen LogP contribution in [0.25, 0.3) is 0 Å². The summed E-state index contributed by atoms with van der Waals surface area (Å²) in [5.74, 6) is -0.0228. The smallest absolute Gasteiger partial charge is 0.251 e. The third-order valence-electron chi connectivity index (χ3n) is 3.23. The molecule has 2 N–H and O–H groups in total. The largest absolute Gasteiger partial charge is 0.388 e. The molecule has 2 rings (SSSR count). The molecule has 104 valence electrons. The lowest BCUT2D eigenvalue weighted by Crippen LogP contribution is -2.41. The molecule has 0 bridgehead atoms. The fourth-order valence-corrected chi connectivity index (χ4v) is 2.07. The Labute approximate surface area is 113 Å². The van der Waals surface area contributed by atoms with Gasteiger partial charge in [0.25, 0.3) is 5.91 Å². The van der Waals surface area contributed by atoms with Gasteiger partial charge in [-0.2, -0.15) is 0 Å². The number of carbonyl (C=O) groups is 1. The Morgan fingerprint density at radius 2 is 2.16 bits per heavy atom. The molecule has 1 fully saturated rings. The second kappa shape index (κ2) is 7.11. The van der Waals surface area contributed by atoms with Crippen molar-refractivity contribution in [3.8, 4) is 0 Å².